The Labute approximate surface area is 434 Å². The topological polar surface area (TPSA) is 476 Å². The summed E-state index contributed by atoms with van der Waals surface area (Å²) in [6.07, 6.45) is -2.73. The maximum absolute atomic E-state index is 14.1. The van der Waals surface area contributed by atoms with Gasteiger partial charge in [0.2, 0.25) is 47.3 Å². The smallest absolute Gasteiger partial charge is 0.328 e. The van der Waals surface area contributed by atoms with Crippen LogP contribution in [0.3, 0.4) is 0 Å². The number of aliphatic hydroxyl groups excluding tert-OH is 3. The van der Waals surface area contributed by atoms with Crippen molar-refractivity contribution in [3.05, 3.63) is 35.9 Å². The molecular formula is C47H77N13O15. The summed E-state index contributed by atoms with van der Waals surface area (Å²) in [4.78, 5) is 138. The van der Waals surface area contributed by atoms with E-state index < -0.39 is 151 Å². The summed E-state index contributed by atoms with van der Waals surface area (Å²) in [6.45, 7) is 4.99. The summed E-state index contributed by atoms with van der Waals surface area (Å²) >= 11 is 0. The molecule has 0 bridgehead atoms. The van der Waals surface area contributed by atoms with E-state index in [-0.39, 0.29) is 57.7 Å². The van der Waals surface area contributed by atoms with Gasteiger partial charge in [-0.1, -0.05) is 44.2 Å². The molecule has 1 heterocycles. The fourth-order valence-corrected chi connectivity index (χ4v) is 7.80. The van der Waals surface area contributed by atoms with E-state index in [0.717, 1.165) is 0 Å². The monoisotopic (exact) mass is 1060 g/mol. The first-order chi connectivity index (χ1) is 35.3. The first kappa shape index (κ1) is 64.1. The van der Waals surface area contributed by atoms with Crippen molar-refractivity contribution in [1.29, 1.82) is 0 Å². The number of carbonyl (C=O) groups excluding carboxylic acids is 8. The summed E-state index contributed by atoms with van der Waals surface area (Å²) in [7, 11) is 0. The second kappa shape index (κ2) is 32.3. The van der Waals surface area contributed by atoms with Crippen LogP contribution in [0.2, 0.25) is 0 Å². The first-order valence-electron chi connectivity index (χ1n) is 24.7. The lowest BCUT2D eigenvalue weighted by molar-refractivity contribution is -0.144. The molecule has 2 rings (SSSR count). The summed E-state index contributed by atoms with van der Waals surface area (Å²) in [5.41, 5.74) is 23.1. The molecule has 0 unspecified atom stereocenters. The molecular weight excluding hydrogens is 987 g/mol. The predicted molar refractivity (Wildman–Crippen MR) is 269 cm³/mol. The molecule has 0 radical (unpaired) electrons. The van der Waals surface area contributed by atoms with Crippen molar-refractivity contribution >= 4 is 65.2 Å². The van der Waals surface area contributed by atoms with Gasteiger partial charge >= 0.3 is 11.9 Å². The largest absolute Gasteiger partial charge is 0.481 e. The number of nitrogens with zero attached hydrogens (tertiary/aromatic N) is 2. The number of guanidine groups is 1. The first-order valence-corrected chi connectivity index (χ1v) is 24.7. The highest BCUT2D eigenvalue weighted by Crippen LogP contribution is 2.20. The molecule has 0 aromatic heterocycles. The molecule has 1 aromatic rings. The number of carboxylic acids is 2. The Morgan fingerprint density at radius 2 is 1.19 bits per heavy atom. The molecule has 28 nitrogen and oxygen atoms in total. The second-order valence-corrected chi connectivity index (χ2v) is 18.6. The third kappa shape index (κ3) is 21.8. The molecule has 1 aliphatic heterocycles. The van der Waals surface area contributed by atoms with Gasteiger partial charge in [0, 0.05) is 25.9 Å². The number of rotatable bonds is 33. The maximum Gasteiger partial charge on any atom is 0.328 e. The van der Waals surface area contributed by atoms with Gasteiger partial charge in [-0.25, -0.2) is 4.79 Å². The molecule has 0 spiro atoms. The maximum atomic E-state index is 14.1. The minimum atomic E-state index is -1.80. The number of unbranched alkanes of at least 4 members (excludes halogenated alkanes) is 1. The average Bonchev–Trinajstić information content (AvgIpc) is 3.85. The number of nitrogens with two attached hydrogens (primary N) is 4. The normalized spacial score (nSPS) is 17.2. The van der Waals surface area contributed by atoms with Crippen LogP contribution in [0.25, 0.3) is 0 Å². The third-order valence-corrected chi connectivity index (χ3v) is 12.1. The number of nitrogens with one attached hydrogen (secondary N) is 7. The van der Waals surface area contributed by atoms with Crippen LogP contribution < -0.4 is 60.2 Å². The second-order valence-electron chi connectivity index (χ2n) is 18.6. The van der Waals surface area contributed by atoms with Crippen molar-refractivity contribution in [1.82, 2.24) is 42.1 Å². The number of carboxylic acid groups (broad SMARTS) is 2. The zero-order chi connectivity index (χ0) is 56.5. The number of hydrogen-bond donors (Lipinski definition) is 16. The lowest BCUT2D eigenvalue weighted by atomic mass is 9.99. The number of aliphatic imine (C=N–C) groups is 1. The number of aliphatic hydroxyl groups is 3. The van der Waals surface area contributed by atoms with E-state index >= 15 is 0 Å². The van der Waals surface area contributed by atoms with Crippen LogP contribution in [0.5, 0.6) is 0 Å². The quantitative estimate of drug-likeness (QED) is 0.0177. The Morgan fingerprint density at radius 3 is 1.72 bits per heavy atom. The van der Waals surface area contributed by atoms with Gasteiger partial charge in [-0.2, -0.15) is 0 Å². The van der Waals surface area contributed by atoms with Crippen molar-refractivity contribution in [2.45, 2.75) is 158 Å². The SMILES string of the molecule is CC(C)[C@H](NC(=O)[C@@H](NC(=O)[C@H](CCCN=C(N)N)NC(=O)[C@H](CCCCN)NC(=O)[C@@H]1CCCN1C(=O)[C@@H](N)[C@@H](C)O)[C@@H](C)O)C(=O)N[C@@H](Cc1ccccc1)C(=O)N[C@@H](CCC(=O)O)C(=O)N[C@@H](CO)C(=O)O. The predicted octanol–water partition coefficient (Wildman–Crippen LogP) is -5.52. The highest BCUT2D eigenvalue weighted by molar-refractivity contribution is 5.98. The van der Waals surface area contributed by atoms with Crippen LogP contribution in [0.4, 0.5) is 0 Å². The molecule has 1 aromatic carbocycles. The number of benzene rings is 1. The van der Waals surface area contributed by atoms with E-state index in [2.05, 4.69) is 36.9 Å². The van der Waals surface area contributed by atoms with Crippen LogP contribution >= 0.6 is 0 Å². The summed E-state index contributed by atoms with van der Waals surface area (Å²) in [5.74, 6) is -11.3. The highest BCUT2D eigenvalue weighted by atomic mass is 16.4. The highest BCUT2D eigenvalue weighted by Gasteiger charge is 2.40. The van der Waals surface area contributed by atoms with E-state index in [0.29, 0.717) is 24.8 Å². The van der Waals surface area contributed by atoms with Crippen molar-refractivity contribution < 1.29 is 73.5 Å². The van der Waals surface area contributed by atoms with Gasteiger partial charge in [0.1, 0.15) is 54.4 Å². The standard InChI is InChI=1S/C47H77N13O15/c1-24(2)36(43(71)56-31(22-27-12-6-5-7-13-27)41(69)54-30(17-18-34(64)65)39(67)57-32(23-61)46(74)75)58-44(72)37(26(4)63)59-40(68)29(15-10-20-52-47(50)51)53-38(66)28(14-8-9-19-48)55-42(70)33-16-11-21-60(33)45(73)35(49)25(3)62/h5-7,12-13,24-26,28-33,35-37,61-63H,8-11,14-23,48-49H2,1-4H3,(H,53,66)(H,54,69)(H,55,70)(H,56,71)(H,57,67)(H,58,72)(H,59,68)(H,64,65)(H,74,75)(H4,50,51,52)/t25-,26-,28+,29+,30+,31+,32+,33+,35+,36+,37+/m1/s1. The van der Waals surface area contributed by atoms with E-state index in [9.17, 15) is 73.5 Å². The summed E-state index contributed by atoms with van der Waals surface area (Å²) < 4.78 is 0. The Kier molecular flexibility index (Phi) is 27.6. The molecule has 1 aliphatic rings. The molecule has 0 saturated carbocycles. The fraction of sp³-hybridized carbons (Fsp3) is 0.638. The minimum Gasteiger partial charge on any atom is -0.481 e. The van der Waals surface area contributed by atoms with Gasteiger partial charge < -0.3 is 90.6 Å². The number of amides is 8. The number of hydrogen-bond acceptors (Lipinski definition) is 16. The Bertz CT molecular complexity index is 2130. The van der Waals surface area contributed by atoms with E-state index in [1.807, 2.05) is 5.32 Å². The van der Waals surface area contributed by atoms with Crippen molar-refractivity contribution in [3.8, 4) is 0 Å². The molecule has 1 saturated heterocycles. The van der Waals surface area contributed by atoms with Crippen LogP contribution in [0.1, 0.15) is 91.0 Å². The Balaban J connectivity index is 2.43. The molecule has 1 fully saturated rings. The van der Waals surface area contributed by atoms with Crippen molar-refractivity contribution in [2.24, 2.45) is 33.8 Å². The van der Waals surface area contributed by atoms with Gasteiger partial charge in [0.15, 0.2) is 5.96 Å². The van der Waals surface area contributed by atoms with Gasteiger partial charge in [-0.05, 0) is 83.2 Å². The average molecular weight is 1060 g/mol. The molecule has 11 atom stereocenters. The van der Waals surface area contributed by atoms with E-state index in [1.165, 1.54) is 32.6 Å². The summed E-state index contributed by atoms with van der Waals surface area (Å²) in [6, 6.07) is -5.05. The van der Waals surface area contributed by atoms with Crippen LogP contribution in [-0.4, -0.2) is 188 Å². The Hall–Kier alpha value is -7.01. The number of likely N-dealkylation sites (tertiary alicyclic amines) is 1. The van der Waals surface area contributed by atoms with Crippen molar-refractivity contribution in [3.63, 3.8) is 0 Å². The van der Waals surface area contributed by atoms with E-state index in [4.69, 9.17) is 22.9 Å². The zero-order valence-electron chi connectivity index (χ0n) is 42.7. The van der Waals surface area contributed by atoms with Gasteiger partial charge in [-0.3, -0.25) is 48.1 Å². The fourth-order valence-electron chi connectivity index (χ4n) is 7.80. The van der Waals surface area contributed by atoms with Gasteiger partial charge in [0.05, 0.1) is 18.8 Å². The van der Waals surface area contributed by atoms with Crippen molar-refractivity contribution in [2.75, 3.05) is 26.2 Å². The van der Waals surface area contributed by atoms with Gasteiger partial charge in [-0.15, -0.1) is 0 Å². The van der Waals surface area contributed by atoms with Crippen LogP contribution in [-0.2, 0) is 54.4 Å². The molecule has 420 valence electrons. The van der Waals surface area contributed by atoms with Crippen LogP contribution in [0.15, 0.2) is 35.3 Å². The Morgan fingerprint density at radius 1 is 0.667 bits per heavy atom. The number of aliphatic carboxylic acids is 2. The molecule has 0 aliphatic carbocycles. The lowest BCUT2D eigenvalue weighted by Crippen LogP contribution is -2.62. The molecule has 8 amide bonds. The molecule has 20 N–H and O–H groups in total. The van der Waals surface area contributed by atoms with E-state index in [1.54, 1.807) is 30.3 Å². The van der Waals surface area contributed by atoms with Crippen LogP contribution in [0, 0.1) is 5.92 Å². The van der Waals surface area contributed by atoms with Gasteiger partial charge in [0.25, 0.3) is 0 Å². The third-order valence-electron chi connectivity index (χ3n) is 12.1. The lowest BCUT2D eigenvalue weighted by Gasteiger charge is -2.30. The number of carbonyl (C=O) groups is 10. The minimum absolute atomic E-state index is 0.00133. The molecule has 28 heteroatoms. The summed E-state index contributed by atoms with van der Waals surface area (Å²) in [5, 5.41) is 66.1. The zero-order valence-corrected chi connectivity index (χ0v) is 42.7. The molecule has 75 heavy (non-hydrogen) atoms.